The van der Waals surface area contributed by atoms with Crippen molar-refractivity contribution < 1.29 is 4.39 Å². The van der Waals surface area contributed by atoms with E-state index in [1.54, 1.807) is 6.07 Å². The van der Waals surface area contributed by atoms with Gasteiger partial charge >= 0.3 is 0 Å². The third-order valence-corrected chi connectivity index (χ3v) is 5.35. The van der Waals surface area contributed by atoms with Crippen molar-refractivity contribution >= 4 is 27.5 Å². The number of halogens is 3. The fourth-order valence-corrected chi connectivity index (χ4v) is 3.65. The summed E-state index contributed by atoms with van der Waals surface area (Å²) < 4.78 is 14.9. The van der Waals surface area contributed by atoms with E-state index in [2.05, 4.69) is 35.1 Å². The fraction of sp³-hybridized carbons (Fsp3) is 0.600. The van der Waals surface area contributed by atoms with Gasteiger partial charge in [-0.15, -0.1) is 0 Å². The molecule has 0 aromatic heterocycles. The van der Waals surface area contributed by atoms with Gasteiger partial charge in [-0.05, 0) is 52.9 Å². The number of benzene rings is 1. The standard InChI is InChI=1S/C15H20BrClFN/c1-3-19-15(10-6-4-5-9(10)2)11-7-13(17)12(16)8-14(11)18/h7-10,15,19H,3-6H2,1-2H3. The normalized spacial score (nSPS) is 24.7. The monoisotopic (exact) mass is 347 g/mol. The quantitative estimate of drug-likeness (QED) is 0.725. The highest BCUT2D eigenvalue weighted by Crippen LogP contribution is 2.41. The molecule has 0 saturated heterocycles. The molecule has 0 heterocycles. The van der Waals surface area contributed by atoms with Crippen molar-refractivity contribution in [2.45, 2.75) is 39.2 Å². The smallest absolute Gasteiger partial charge is 0.129 e. The molecule has 1 aliphatic carbocycles. The molecule has 0 radical (unpaired) electrons. The number of nitrogens with one attached hydrogen (secondary N) is 1. The van der Waals surface area contributed by atoms with Crippen molar-refractivity contribution in [1.29, 1.82) is 0 Å². The highest BCUT2D eigenvalue weighted by molar-refractivity contribution is 9.10. The largest absolute Gasteiger partial charge is 0.310 e. The van der Waals surface area contributed by atoms with Crippen LogP contribution in [0.1, 0.15) is 44.7 Å². The van der Waals surface area contributed by atoms with Crippen LogP contribution < -0.4 is 5.32 Å². The van der Waals surface area contributed by atoms with Gasteiger partial charge in [0.05, 0.1) is 5.02 Å². The van der Waals surface area contributed by atoms with Crippen LogP contribution in [0, 0.1) is 17.7 Å². The van der Waals surface area contributed by atoms with Crippen LogP contribution in [0.5, 0.6) is 0 Å². The van der Waals surface area contributed by atoms with Gasteiger partial charge in [-0.3, -0.25) is 0 Å². The zero-order chi connectivity index (χ0) is 14.0. The average molecular weight is 349 g/mol. The molecule has 1 saturated carbocycles. The van der Waals surface area contributed by atoms with E-state index in [4.69, 9.17) is 11.6 Å². The Morgan fingerprint density at radius 2 is 2.21 bits per heavy atom. The maximum Gasteiger partial charge on any atom is 0.129 e. The van der Waals surface area contributed by atoms with Crippen LogP contribution >= 0.6 is 27.5 Å². The number of hydrogen-bond acceptors (Lipinski definition) is 1. The van der Waals surface area contributed by atoms with E-state index in [1.165, 1.54) is 18.9 Å². The molecule has 0 spiro atoms. The molecule has 1 fully saturated rings. The van der Waals surface area contributed by atoms with Gasteiger partial charge in [0, 0.05) is 16.1 Å². The first-order chi connectivity index (χ1) is 9.04. The summed E-state index contributed by atoms with van der Waals surface area (Å²) in [5.41, 5.74) is 0.703. The molecular weight excluding hydrogens is 329 g/mol. The third kappa shape index (κ3) is 3.32. The SMILES string of the molecule is CCNC(c1cc(Cl)c(Br)cc1F)C1CCCC1C. The van der Waals surface area contributed by atoms with Gasteiger partial charge in [0.2, 0.25) is 0 Å². The molecule has 1 N–H and O–H groups in total. The Bertz CT molecular complexity index is 452. The molecule has 0 bridgehead atoms. The van der Waals surface area contributed by atoms with E-state index in [0.717, 1.165) is 13.0 Å². The number of rotatable bonds is 4. The van der Waals surface area contributed by atoms with Crippen LogP contribution in [-0.2, 0) is 0 Å². The predicted molar refractivity (Wildman–Crippen MR) is 82.0 cm³/mol. The van der Waals surface area contributed by atoms with Gasteiger partial charge in [-0.1, -0.05) is 38.3 Å². The van der Waals surface area contributed by atoms with Gasteiger partial charge in [0.15, 0.2) is 0 Å². The lowest BCUT2D eigenvalue weighted by atomic mass is 9.85. The molecule has 1 aromatic carbocycles. The third-order valence-electron chi connectivity index (χ3n) is 4.15. The van der Waals surface area contributed by atoms with E-state index in [9.17, 15) is 4.39 Å². The first-order valence-electron chi connectivity index (χ1n) is 6.92. The summed E-state index contributed by atoms with van der Waals surface area (Å²) in [5, 5.41) is 4.02. The molecule has 106 valence electrons. The van der Waals surface area contributed by atoms with E-state index >= 15 is 0 Å². The summed E-state index contributed by atoms with van der Waals surface area (Å²) >= 11 is 9.40. The van der Waals surface area contributed by atoms with E-state index in [0.29, 0.717) is 26.9 Å². The highest BCUT2D eigenvalue weighted by atomic mass is 79.9. The molecule has 1 aliphatic rings. The van der Waals surface area contributed by atoms with Crippen molar-refractivity contribution in [3.8, 4) is 0 Å². The molecular formula is C15H20BrClFN. The second kappa shape index (κ2) is 6.55. The summed E-state index contributed by atoms with van der Waals surface area (Å²) in [6, 6.07) is 3.30. The zero-order valence-electron chi connectivity index (χ0n) is 11.3. The number of hydrogen-bond donors (Lipinski definition) is 1. The lowest BCUT2D eigenvalue weighted by molar-refractivity contribution is 0.299. The summed E-state index contributed by atoms with van der Waals surface area (Å²) in [4.78, 5) is 0. The van der Waals surface area contributed by atoms with Crippen molar-refractivity contribution in [2.24, 2.45) is 11.8 Å². The minimum atomic E-state index is -0.179. The highest BCUT2D eigenvalue weighted by Gasteiger charge is 2.33. The molecule has 19 heavy (non-hydrogen) atoms. The molecule has 3 atom stereocenters. The molecule has 3 unspecified atom stereocenters. The summed E-state index contributed by atoms with van der Waals surface area (Å²) in [7, 11) is 0. The van der Waals surface area contributed by atoms with E-state index in [-0.39, 0.29) is 11.9 Å². The minimum absolute atomic E-state index is 0.0631. The predicted octanol–water partition coefficient (Wildman–Crippen LogP) is 5.33. The summed E-state index contributed by atoms with van der Waals surface area (Å²) in [5.74, 6) is 0.943. The van der Waals surface area contributed by atoms with Crippen LogP contribution in [0.15, 0.2) is 16.6 Å². The Hall–Kier alpha value is -0.120. The van der Waals surface area contributed by atoms with Gasteiger partial charge in [-0.25, -0.2) is 4.39 Å². The molecule has 0 amide bonds. The van der Waals surface area contributed by atoms with Gasteiger partial charge in [0.25, 0.3) is 0 Å². The van der Waals surface area contributed by atoms with Crippen LogP contribution in [-0.4, -0.2) is 6.54 Å². The first kappa shape index (κ1) is 15.3. The Labute approximate surface area is 128 Å². The Morgan fingerprint density at radius 1 is 1.47 bits per heavy atom. The van der Waals surface area contributed by atoms with Gasteiger partial charge < -0.3 is 5.32 Å². The molecule has 0 aliphatic heterocycles. The second-order valence-corrected chi connectivity index (χ2v) is 6.66. The minimum Gasteiger partial charge on any atom is -0.310 e. The lowest BCUT2D eigenvalue weighted by Crippen LogP contribution is -2.30. The van der Waals surface area contributed by atoms with Crippen LogP contribution in [0.2, 0.25) is 5.02 Å². The molecule has 4 heteroatoms. The van der Waals surface area contributed by atoms with Crippen molar-refractivity contribution in [2.75, 3.05) is 6.54 Å². The Morgan fingerprint density at radius 3 is 2.79 bits per heavy atom. The van der Waals surface area contributed by atoms with E-state index < -0.39 is 0 Å². The average Bonchev–Trinajstić information content (AvgIpc) is 2.77. The molecule has 1 nitrogen and oxygen atoms in total. The maximum absolute atomic E-state index is 14.3. The Kier molecular flexibility index (Phi) is 5.27. The van der Waals surface area contributed by atoms with Crippen LogP contribution in [0.4, 0.5) is 4.39 Å². The zero-order valence-corrected chi connectivity index (χ0v) is 13.7. The topological polar surface area (TPSA) is 12.0 Å². The molecule has 1 aromatic rings. The second-order valence-electron chi connectivity index (χ2n) is 5.40. The van der Waals surface area contributed by atoms with Crippen molar-refractivity contribution in [3.05, 3.63) is 33.0 Å². The van der Waals surface area contributed by atoms with Crippen LogP contribution in [0.3, 0.4) is 0 Å². The van der Waals surface area contributed by atoms with Gasteiger partial charge in [0.1, 0.15) is 5.82 Å². The summed E-state index contributed by atoms with van der Waals surface area (Å²) in [6.45, 7) is 5.16. The van der Waals surface area contributed by atoms with Crippen molar-refractivity contribution in [3.63, 3.8) is 0 Å². The maximum atomic E-state index is 14.3. The van der Waals surface area contributed by atoms with Crippen molar-refractivity contribution in [1.82, 2.24) is 5.32 Å². The fourth-order valence-electron chi connectivity index (χ4n) is 3.16. The van der Waals surface area contributed by atoms with E-state index in [1.807, 2.05) is 0 Å². The van der Waals surface area contributed by atoms with Crippen LogP contribution in [0.25, 0.3) is 0 Å². The molecule has 2 rings (SSSR count). The summed E-state index contributed by atoms with van der Waals surface area (Å²) in [6.07, 6.45) is 3.63. The first-order valence-corrected chi connectivity index (χ1v) is 8.09. The van der Waals surface area contributed by atoms with Gasteiger partial charge in [-0.2, -0.15) is 0 Å². The lowest BCUT2D eigenvalue weighted by Gasteiger charge is -2.28. The Balaban J connectivity index is 2.35.